The Morgan fingerprint density at radius 3 is 2.39 bits per heavy atom. The number of benzene rings is 4. The van der Waals surface area contributed by atoms with Gasteiger partial charge in [-0.3, -0.25) is 4.68 Å². The first-order valence-electron chi connectivity index (χ1n) is 16.6. The first-order chi connectivity index (χ1) is 23.1. The standard InChI is InChI=1S/C42H39FN4O.Pt/c1-28-41(31-13-7-6-8-14-31)29(2)47(45-28)33-15-11-16-34(26-33)48-35-18-19-36-37-24-30(12-9-10-22-42(3,4)5)17-20-38(37)46(39(36)27-35)40-25-32(43)21-23-44-40;/h6-8,11,13-21,23-25H,9-10,12,22H2,1-5H3;/q-2;+2. The molecule has 0 aliphatic rings. The van der Waals surface area contributed by atoms with Crippen molar-refractivity contribution in [3.05, 3.63) is 132 Å². The molecule has 3 aromatic heterocycles. The molecule has 7 rings (SSSR count). The maximum Gasteiger partial charge on any atom is 2.00 e. The van der Waals surface area contributed by atoms with Gasteiger partial charge in [0.15, 0.2) is 0 Å². The van der Waals surface area contributed by atoms with Crippen molar-refractivity contribution >= 4 is 21.8 Å². The summed E-state index contributed by atoms with van der Waals surface area (Å²) in [5, 5.41) is 6.94. The van der Waals surface area contributed by atoms with Gasteiger partial charge in [0.25, 0.3) is 0 Å². The van der Waals surface area contributed by atoms with Crippen molar-refractivity contribution in [1.29, 1.82) is 0 Å². The molecule has 0 saturated carbocycles. The van der Waals surface area contributed by atoms with Gasteiger partial charge in [-0.25, -0.2) is 9.37 Å². The Morgan fingerprint density at radius 1 is 0.816 bits per heavy atom. The molecule has 0 saturated heterocycles. The molecule has 4 aromatic carbocycles. The van der Waals surface area contributed by atoms with Crippen LogP contribution in [0.3, 0.4) is 0 Å². The summed E-state index contributed by atoms with van der Waals surface area (Å²) in [5.74, 6) is 1.22. The van der Waals surface area contributed by atoms with Gasteiger partial charge >= 0.3 is 21.1 Å². The van der Waals surface area contributed by atoms with E-state index in [-0.39, 0.29) is 26.9 Å². The van der Waals surface area contributed by atoms with Gasteiger partial charge < -0.3 is 9.30 Å². The molecule has 0 aliphatic carbocycles. The van der Waals surface area contributed by atoms with E-state index in [1.165, 1.54) is 36.7 Å². The third-order valence-electron chi connectivity index (χ3n) is 8.85. The molecule has 0 unspecified atom stereocenters. The minimum atomic E-state index is -0.344. The molecule has 0 bridgehead atoms. The van der Waals surface area contributed by atoms with Crippen LogP contribution in [0.5, 0.6) is 11.5 Å². The second-order valence-electron chi connectivity index (χ2n) is 13.7. The van der Waals surface area contributed by atoms with Crippen LogP contribution < -0.4 is 4.74 Å². The topological polar surface area (TPSA) is 44.9 Å². The van der Waals surface area contributed by atoms with Crippen LogP contribution >= 0.6 is 0 Å². The molecule has 49 heavy (non-hydrogen) atoms. The number of unbranched alkanes of at least 4 members (excludes halogenated alkanes) is 1. The predicted molar refractivity (Wildman–Crippen MR) is 192 cm³/mol. The zero-order chi connectivity index (χ0) is 33.4. The molecular formula is C42H39FN4OPt. The van der Waals surface area contributed by atoms with E-state index >= 15 is 0 Å². The largest absolute Gasteiger partial charge is 2.00 e. The Balaban J connectivity index is 0.00000417. The number of aromatic nitrogens is 4. The summed E-state index contributed by atoms with van der Waals surface area (Å²) in [4.78, 5) is 4.53. The fraction of sp³-hybridized carbons (Fsp3) is 0.238. The molecule has 0 radical (unpaired) electrons. The Labute approximate surface area is 302 Å². The van der Waals surface area contributed by atoms with Gasteiger partial charge in [-0.15, -0.1) is 35.7 Å². The number of nitrogens with zero attached hydrogens (tertiary/aromatic N) is 4. The molecule has 0 N–H and O–H groups in total. The molecule has 0 aliphatic heterocycles. The SMILES string of the molecule is Cc1nn(-c2[c-]c(Oc3[c-]c4c(cc3)c3cc(CCCCC(C)(C)C)ccc3n4-c3cc(F)ccn3)ccc2)c(C)c1-c1ccccc1.[Pt+2]. The predicted octanol–water partition coefficient (Wildman–Crippen LogP) is 10.9. The zero-order valence-electron chi connectivity index (χ0n) is 28.5. The normalized spacial score (nSPS) is 11.6. The van der Waals surface area contributed by atoms with Crippen LogP contribution in [-0.2, 0) is 27.5 Å². The molecule has 7 heteroatoms. The average molecular weight is 830 g/mol. The van der Waals surface area contributed by atoms with E-state index in [0.29, 0.717) is 22.7 Å². The third-order valence-corrected chi connectivity index (χ3v) is 8.85. The smallest absolute Gasteiger partial charge is 0.509 e. The van der Waals surface area contributed by atoms with Gasteiger partial charge in [0.05, 0.1) is 5.69 Å². The van der Waals surface area contributed by atoms with E-state index in [9.17, 15) is 4.39 Å². The molecule has 7 aromatic rings. The second kappa shape index (κ2) is 14.1. The van der Waals surface area contributed by atoms with Gasteiger partial charge in [0.1, 0.15) is 11.6 Å². The summed E-state index contributed by atoms with van der Waals surface area (Å²) < 4.78 is 24.7. The van der Waals surface area contributed by atoms with E-state index in [1.54, 1.807) is 0 Å². The summed E-state index contributed by atoms with van der Waals surface area (Å²) in [7, 11) is 0. The number of pyridine rings is 1. The second-order valence-corrected chi connectivity index (χ2v) is 13.7. The van der Waals surface area contributed by atoms with Crippen LogP contribution in [0.25, 0.3) is 44.4 Å². The van der Waals surface area contributed by atoms with Crippen LogP contribution in [0.2, 0.25) is 0 Å². The Hall–Kier alpha value is -4.54. The van der Waals surface area contributed by atoms with Crippen molar-refractivity contribution in [1.82, 2.24) is 19.3 Å². The Kier molecular flexibility index (Phi) is 9.90. The minimum Gasteiger partial charge on any atom is -0.509 e. The number of rotatable bonds is 9. The van der Waals surface area contributed by atoms with Gasteiger partial charge in [-0.05, 0) is 72.9 Å². The van der Waals surface area contributed by atoms with E-state index in [1.807, 2.05) is 58.6 Å². The van der Waals surface area contributed by atoms with Crippen molar-refractivity contribution in [3.63, 3.8) is 0 Å². The van der Waals surface area contributed by atoms with E-state index < -0.39 is 0 Å². The molecule has 3 heterocycles. The zero-order valence-corrected chi connectivity index (χ0v) is 30.7. The first kappa shape index (κ1) is 34.3. The molecule has 5 nitrogen and oxygen atoms in total. The molecular weight excluding hydrogens is 791 g/mol. The van der Waals surface area contributed by atoms with Crippen LogP contribution in [0.1, 0.15) is 57.0 Å². The number of hydrogen-bond acceptors (Lipinski definition) is 3. The fourth-order valence-corrected chi connectivity index (χ4v) is 6.56. The van der Waals surface area contributed by atoms with E-state index in [2.05, 4.69) is 81.2 Å². The molecule has 0 spiro atoms. The van der Waals surface area contributed by atoms with Gasteiger partial charge in [-0.2, -0.15) is 17.2 Å². The molecule has 0 fully saturated rings. The van der Waals surface area contributed by atoms with E-state index in [0.717, 1.165) is 62.8 Å². The van der Waals surface area contributed by atoms with Crippen molar-refractivity contribution in [2.45, 2.75) is 60.3 Å². The summed E-state index contributed by atoms with van der Waals surface area (Å²) >= 11 is 0. The van der Waals surface area contributed by atoms with Crippen molar-refractivity contribution in [3.8, 4) is 34.1 Å². The third kappa shape index (κ3) is 7.26. The monoisotopic (exact) mass is 829 g/mol. The molecule has 250 valence electrons. The number of ether oxygens (including phenoxy) is 1. The van der Waals surface area contributed by atoms with Crippen molar-refractivity contribution in [2.24, 2.45) is 5.41 Å². The van der Waals surface area contributed by atoms with Gasteiger partial charge in [-0.1, -0.05) is 75.2 Å². The van der Waals surface area contributed by atoms with Crippen molar-refractivity contribution in [2.75, 3.05) is 0 Å². The summed E-state index contributed by atoms with van der Waals surface area (Å²) in [6, 6.07) is 36.3. The number of aryl methyl sites for hydroxylation is 2. The molecule has 0 atom stereocenters. The quantitative estimate of drug-likeness (QED) is 0.108. The van der Waals surface area contributed by atoms with Crippen LogP contribution in [0.15, 0.2) is 97.2 Å². The number of halogens is 1. The number of hydrogen-bond donors (Lipinski definition) is 0. The summed E-state index contributed by atoms with van der Waals surface area (Å²) in [6.07, 6.45) is 6.04. The summed E-state index contributed by atoms with van der Waals surface area (Å²) in [6.45, 7) is 11.0. The Morgan fingerprint density at radius 2 is 1.61 bits per heavy atom. The summed E-state index contributed by atoms with van der Waals surface area (Å²) in [5.41, 5.74) is 8.34. The van der Waals surface area contributed by atoms with E-state index in [4.69, 9.17) is 9.84 Å². The number of fused-ring (bicyclic) bond motifs is 3. The fourth-order valence-electron chi connectivity index (χ4n) is 6.56. The minimum absolute atomic E-state index is 0. The molecule has 0 amide bonds. The van der Waals surface area contributed by atoms with Crippen LogP contribution in [0.4, 0.5) is 4.39 Å². The van der Waals surface area contributed by atoms with Crippen LogP contribution in [-0.4, -0.2) is 19.3 Å². The average Bonchev–Trinajstić information content (AvgIpc) is 3.55. The maximum atomic E-state index is 14.5. The maximum absolute atomic E-state index is 14.5. The van der Waals surface area contributed by atoms with Crippen LogP contribution in [0, 0.1) is 37.2 Å². The Bertz CT molecular complexity index is 2250. The van der Waals surface area contributed by atoms with Crippen molar-refractivity contribution < 1.29 is 30.2 Å². The first-order valence-corrected chi connectivity index (χ1v) is 16.6. The van der Waals surface area contributed by atoms with Gasteiger partial charge in [0.2, 0.25) is 0 Å². The van der Waals surface area contributed by atoms with Gasteiger partial charge in [0, 0.05) is 40.5 Å².